The highest BCUT2D eigenvalue weighted by atomic mass is 32.2. The SMILES string of the molecule is CCN1C(=O)[C@@H](CNc2cccc(NC(=O)CCN3CCCC3)c2)SC12CC2(C#N)C(=O)NC(C)(C)C#N. The van der Waals surface area contributed by atoms with Crippen molar-refractivity contribution in [3.05, 3.63) is 24.3 Å². The van der Waals surface area contributed by atoms with Crippen molar-refractivity contribution in [2.75, 3.05) is 43.4 Å². The number of carbonyl (C=O) groups is 3. The van der Waals surface area contributed by atoms with Crippen LogP contribution in [0.3, 0.4) is 0 Å². The van der Waals surface area contributed by atoms with E-state index in [4.69, 9.17) is 0 Å². The summed E-state index contributed by atoms with van der Waals surface area (Å²) in [6.45, 7) is 8.54. The molecule has 38 heavy (non-hydrogen) atoms. The lowest BCUT2D eigenvalue weighted by atomic mass is 10.0. The maximum absolute atomic E-state index is 13.3. The van der Waals surface area contributed by atoms with E-state index in [0.717, 1.165) is 25.3 Å². The molecule has 1 saturated carbocycles. The number of hydrogen-bond donors (Lipinski definition) is 3. The predicted octanol–water partition coefficient (Wildman–Crippen LogP) is 2.52. The van der Waals surface area contributed by atoms with Gasteiger partial charge >= 0.3 is 0 Å². The van der Waals surface area contributed by atoms with Crippen LogP contribution in [-0.2, 0) is 14.4 Å². The van der Waals surface area contributed by atoms with Crippen molar-refractivity contribution in [1.82, 2.24) is 15.1 Å². The maximum Gasteiger partial charge on any atom is 0.245 e. The smallest absolute Gasteiger partial charge is 0.245 e. The summed E-state index contributed by atoms with van der Waals surface area (Å²) in [5.74, 6) is -0.677. The summed E-state index contributed by atoms with van der Waals surface area (Å²) >= 11 is 1.34. The van der Waals surface area contributed by atoms with Crippen LogP contribution in [0.2, 0.25) is 0 Å². The monoisotopic (exact) mass is 537 g/mol. The Kier molecular flexibility index (Phi) is 7.91. The Morgan fingerprint density at radius 2 is 1.92 bits per heavy atom. The molecule has 3 fully saturated rings. The summed E-state index contributed by atoms with van der Waals surface area (Å²) in [5.41, 5.74) is -1.08. The van der Waals surface area contributed by atoms with Crippen molar-refractivity contribution in [3.63, 3.8) is 0 Å². The molecule has 1 aliphatic carbocycles. The number of benzene rings is 1. The maximum atomic E-state index is 13.3. The summed E-state index contributed by atoms with van der Waals surface area (Å²) in [7, 11) is 0. The van der Waals surface area contributed by atoms with E-state index in [1.165, 1.54) is 24.6 Å². The van der Waals surface area contributed by atoms with Crippen LogP contribution in [0.4, 0.5) is 11.4 Å². The lowest BCUT2D eigenvalue weighted by Gasteiger charge is -2.27. The van der Waals surface area contributed by atoms with Crippen molar-refractivity contribution < 1.29 is 14.4 Å². The normalized spacial score (nSPS) is 26.6. The molecular weight excluding hydrogens is 502 g/mol. The topological polar surface area (TPSA) is 141 Å². The Labute approximate surface area is 228 Å². The molecule has 1 spiro atoms. The minimum Gasteiger partial charge on any atom is -0.383 e. The van der Waals surface area contributed by atoms with Crippen molar-refractivity contribution in [2.45, 2.75) is 62.1 Å². The van der Waals surface area contributed by atoms with Gasteiger partial charge in [0.25, 0.3) is 0 Å². The zero-order valence-corrected chi connectivity index (χ0v) is 23.0. The second-order valence-electron chi connectivity index (χ2n) is 10.7. The second-order valence-corrected chi connectivity index (χ2v) is 12.1. The van der Waals surface area contributed by atoms with E-state index in [9.17, 15) is 24.9 Å². The Morgan fingerprint density at radius 1 is 1.21 bits per heavy atom. The summed E-state index contributed by atoms with van der Waals surface area (Å²) in [6, 6.07) is 11.6. The first kappa shape index (κ1) is 27.7. The van der Waals surface area contributed by atoms with Crippen LogP contribution < -0.4 is 16.0 Å². The van der Waals surface area contributed by atoms with Gasteiger partial charge in [0, 0.05) is 43.9 Å². The number of thioether (sulfide) groups is 1. The second kappa shape index (κ2) is 10.8. The van der Waals surface area contributed by atoms with Crippen molar-refractivity contribution in [3.8, 4) is 12.1 Å². The molecule has 3 atom stereocenters. The fraction of sp³-hybridized carbons (Fsp3) is 0.593. The minimum atomic E-state index is -1.40. The van der Waals surface area contributed by atoms with E-state index >= 15 is 0 Å². The molecule has 10 nitrogen and oxygen atoms in total. The third-order valence-electron chi connectivity index (χ3n) is 7.45. The van der Waals surface area contributed by atoms with Gasteiger partial charge in [-0.3, -0.25) is 14.4 Å². The number of likely N-dealkylation sites (tertiary alicyclic amines) is 1. The number of nitrogens with zero attached hydrogens (tertiary/aromatic N) is 4. The number of anilines is 2. The van der Waals surface area contributed by atoms with E-state index in [-0.39, 0.29) is 18.2 Å². The van der Waals surface area contributed by atoms with Gasteiger partial charge in [0.1, 0.15) is 15.7 Å². The Balaban J connectivity index is 1.37. The van der Waals surface area contributed by atoms with E-state index < -0.39 is 27.0 Å². The first-order chi connectivity index (χ1) is 18.1. The van der Waals surface area contributed by atoms with Gasteiger partial charge in [0.05, 0.1) is 12.1 Å². The molecule has 3 N–H and O–H groups in total. The van der Waals surface area contributed by atoms with Crippen LogP contribution in [-0.4, -0.2) is 75.9 Å². The first-order valence-corrected chi connectivity index (χ1v) is 14.0. The Hall–Kier alpha value is -3.28. The highest BCUT2D eigenvalue weighted by molar-refractivity contribution is 8.02. The lowest BCUT2D eigenvalue weighted by molar-refractivity contribution is -0.131. The van der Waals surface area contributed by atoms with Gasteiger partial charge in [0.2, 0.25) is 17.7 Å². The molecule has 1 aromatic carbocycles. The predicted molar refractivity (Wildman–Crippen MR) is 146 cm³/mol. The van der Waals surface area contributed by atoms with Crippen LogP contribution in [0.1, 0.15) is 46.5 Å². The van der Waals surface area contributed by atoms with Gasteiger partial charge in [-0.25, -0.2) is 0 Å². The van der Waals surface area contributed by atoms with E-state index in [2.05, 4.69) is 26.9 Å². The number of nitriles is 2. The highest BCUT2D eigenvalue weighted by Gasteiger charge is 2.80. The molecule has 2 heterocycles. The fourth-order valence-corrected chi connectivity index (χ4v) is 7.14. The minimum absolute atomic E-state index is 0.0319. The average molecular weight is 538 g/mol. The van der Waals surface area contributed by atoms with Crippen LogP contribution in [0, 0.1) is 28.1 Å². The Morgan fingerprint density at radius 3 is 2.58 bits per heavy atom. The lowest BCUT2D eigenvalue weighted by Crippen LogP contribution is -2.49. The zero-order valence-electron chi connectivity index (χ0n) is 22.2. The van der Waals surface area contributed by atoms with Crippen LogP contribution in [0.15, 0.2) is 24.3 Å². The van der Waals surface area contributed by atoms with Crippen molar-refractivity contribution in [1.29, 1.82) is 10.5 Å². The fourth-order valence-electron chi connectivity index (χ4n) is 5.29. The van der Waals surface area contributed by atoms with E-state index in [0.29, 0.717) is 25.2 Å². The summed E-state index contributed by atoms with van der Waals surface area (Å²) < 4.78 is 0. The van der Waals surface area contributed by atoms with Crippen LogP contribution >= 0.6 is 11.8 Å². The number of amides is 3. The third-order valence-corrected chi connectivity index (χ3v) is 9.21. The summed E-state index contributed by atoms with van der Waals surface area (Å²) in [5, 5.41) is 27.7. The van der Waals surface area contributed by atoms with Gasteiger partial charge in [0.15, 0.2) is 5.41 Å². The molecule has 2 unspecified atom stereocenters. The zero-order chi connectivity index (χ0) is 27.6. The van der Waals surface area contributed by atoms with E-state index in [1.54, 1.807) is 18.7 Å². The average Bonchev–Trinajstić information content (AvgIpc) is 3.15. The molecule has 4 rings (SSSR count). The summed E-state index contributed by atoms with van der Waals surface area (Å²) in [6.07, 6.45) is 3.06. The van der Waals surface area contributed by atoms with Gasteiger partial charge in [-0.05, 0) is 64.9 Å². The largest absolute Gasteiger partial charge is 0.383 e. The van der Waals surface area contributed by atoms with Crippen molar-refractivity contribution in [2.24, 2.45) is 5.41 Å². The molecule has 2 saturated heterocycles. The third kappa shape index (κ3) is 5.31. The number of rotatable bonds is 10. The molecule has 202 valence electrons. The van der Waals surface area contributed by atoms with E-state index in [1.807, 2.05) is 37.3 Å². The van der Waals surface area contributed by atoms with Gasteiger partial charge in [-0.2, -0.15) is 10.5 Å². The molecule has 11 heteroatoms. The quantitative estimate of drug-likeness (QED) is 0.413. The number of nitrogens with one attached hydrogen (secondary N) is 3. The molecule has 1 aromatic rings. The van der Waals surface area contributed by atoms with Crippen LogP contribution in [0.5, 0.6) is 0 Å². The molecule has 2 aliphatic heterocycles. The highest BCUT2D eigenvalue weighted by Crippen LogP contribution is 2.70. The molecule has 0 radical (unpaired) electrons. The molecule has 0 bridgehead atoms. The number of carbonyl (C=O) groups excluding carboxylic acids is 3. The standard InChI is InChI=1S/C27H35N7O3S/c1-4-34-23(36)21(38-27(34)16-26(27,18-29)24(37)32-25(2,3)17-28)15-30-19-8-7-9-20(14-19)31-22(35)10-13-33-11-5-6-12-33/h7-9,14,21,30H,4-6,10-13,15-16H2,1-3H3,(H,31,35)(H,32,37)/t21-,26?,27?/m1/s1. The van der Waals surface area contributed by atoms with Gasteiger partial charge in [-0.1, -0.05) is 6.07 Å². The van der Waals surface area contributed by atoms with Gasteiger partial charge in [-0.15, -0.1) is 11.8 Å². The first-order valence-electron chi connectivity index (χ1n) is 13.1. The van der Waals surface area contributed by atoms with Crippen LogP contribution in [0.25, 0.3) is 0 Å². The number of hydrogen-bond acceptors (Lipinski definition) is 8. The van der Waals surface area contributed by atoms with Gasteiger partial charge < -0.3 is 25.8 Å². The Bertz CT molecular complexity index is 1190. The molecule has 3 amide bonds. The molecule has 3 aliphatic rings. The molecule has 0 aromatic heterocycles. The summed E-state index contributed by atoms with van der Waals surface area (Å²) in [4.78, 5) is 41.8. The van der Waals surface area contributed by atoms with Crippen molar-refractivity contribution >= 4 is 40.9 Å². The molecular formula is C27H35N7O3S.